The second kappa shape index (κ2) is 7.75. The second-order valence-electron chi connectivity index (χ2n) is 4.84. The van der Waals surface area contributed by atoms with Crippen molar-refractivity contribution in [3.63, 3.8) is 0 Å². The van der Waals surface area contributed by atoms with Gasteiger partial charge in [0.2, 0.25) is 0 Å². The van der Waals surface area contributed by atoms with Crippen molar-refractivity contribution in [1.29, 1.82) is 0 Å². The SMILES string of the molecule is CC(CNC(=O)N(C)Cc1ccccc1Cl)CC(=O)O. The number of amides is 2. The summed E-state index contributed by atoms with van der Waals surface area (Å²) in [5, 5.41) is 12.0. The van der Waals surface area contributed by atoms with Gasteiger partial charge in [-0.3, -0.25) is 4.79 Å². The first kappa shape index (κ1) is 16.3. The number of nitrogens with zero attached hydrogens (tertiary/aromatic N) is 1. The first-order chi connectivity index (χ1) is 9.40. The summed E-state index contributed by atoms with van der Waals surface area (Å²) in [6.45, 7) is 2.51. The standard InChI is InChI=1S/C14H19ClN2O3/c1-10(7-13(18)19)8-16-14(20)17(2)9-11-5-3-4-6-12(11)15/h3-6,10H,7-9H2,1-2H3,(H,16,20)(H,18,19). The average molecular weight is 299 g/mol. The summed E-state index contributed by atoms with van der Waals surface area (Å²) in [7, 11) is 1.67. The van der Waals surface area contributed by atoms with Crippen LogP contribution in [0, 0.1) is 5.92 Å². The van der Waals surface area contributed by atoms with Crippen molar-refractivity contribution in [2.45, 2.75) is 19.9 Å². The Labute approximate surface area is 123 Å². The van der Waals surface area contributed by atoms with Crippen molar-refractivity contribution >= 4 is 23.6 Å². The van der Waals surface area contributed by atoms with Gasteiger partial charge in [-0.15, -0.1) is 0 Å². The van der Waals surface area contributed by atoms with Crippen molar-refractivity contribution < 1.29 is 14.7 Å². The molecule has 0 heterocycles. The number of carbonyl (C=O) groups is 2. The fourth-order valence-electron chi connectivity index (χ4n) is 1.72. The topological polar surface area (TPSA) is 69.6 Å². The number of urea groups is 1. The molecule has 5 nitrogen and oxygen atoms in total. The van der Waals surface area contributed by atoms with Crippen molar-refractivity contribution in [3.05, 3.63) is 34.9 Å². The van der Waals surface area contributed by atoms with Crippen LogP contribution in [0.4, 0.5) is 4.79 Å². The zero-order valence-corrected chi connectivity index (χ0v) is 12.4. The normalized spacial score (nSPS) is 11.8. The molecular formula is C14H19ClN2O3. The first-order valence-electron chi connectivity index (χ1n) is 6.34. The third-order valence-corrected chi connectivity index (χ3v) is 3.21. The molecule has 0 fully saturated rings. The molecule has 1 unspecified atom stereocenters. The van der Waals surface area contributed by atoms with Crippen LogP contribution in [-0.4, -0.2) is 35.6 Å². The number of carboxylic acids is 1. The molecule has 1 rings (SSSR count). The first-order valence-corrected chi connectivity index (χ1v) is 6.72. The molecule has 0 spiro atoms. The lowest BCUT2D eigenvalue weighted by atomic mass is 10.1. The number of aliphatic carboxylic acids is 1. The molecule has 110 valence electrons. The van der Waals surface area contributed by atoms with E-state index in [1.165, 1.54) is 4.90 Å². The molecule has 0 radical (unpaired) electrons. The van der Waals surface area contributed by atoms with Gasteiger partial charge in [0.15, 0.2) is 0 Å². The van der Waals surface area contributed by atoms with Crippen molar-refractivity contribution in [2.24, 2.45) is 5.92 Å². The van der Waals surface area contributed by atoms with Crippen molar-refractivity contribution in [3.8, 4) is 0 Å². The molecule has 2 amide bonds. The fraction of sp³-hybridized carbons (Fsp3) is 0.429. The highest BCUT2D eigenvalue weighted by atomic mass is 35.5. The Hall–Kier alpha value is -1.75. The number of nitrogens with one attached hydrogen (secondary N) is 1. The number of hydrogen-bond donors (Lipinski definition) is 2. The fourth-order valence-corrected chi connectivity index (χ4v) is 1.92. The molecule has 0 saturated carbocycles. The monoisotopic (exact) mass is 298 g/mol. The van der Waals surface area contributed by atoms with Gasteiger partial charge in [-0.05, 0) is 17.5 Å². The van der Waals surface area contributed by atoms with Gasteiger partial charge in [0.25, 0.3) is 0 Å². The van der Waals surface area contributed by atoms with Crippen LogP contribution in [0.2, 0.25) is 5.02 Å². The molecule has 1 aromatic rings. The molecule has 1 atom stereocenters. The Morgan fingerprint density at radius 3 is 2.65 bits per heavy atom. The predicted octanol–water partition coefficient (Wildman–Crippen LogP) is 2.59. The van der Waals surface area contributed by atoms with Gasteiger partial charge in [-0.1, -0.05) is 36.7 Å². The van der Waals surface area contributed by atoms with Crippen LogP contribution in [-0.2, 0) is 11.3 Å². The van der Waals surface area contributed by atoms with Crippen molar-refractivity contribution in [1.82, 2.24) is 10.2 Å². The van der Waals surface area contributed by atoms with Gasteiger partial charge in [0, 0.05) is 31.6 Å². The Morgan fingerprint density at radius 2 is 2.05 bits per heavy atom. The van der Waals surface area contributed by atoms with E-state index < -0.39 is 5.97 Å². The minimum absolute atomic E-state index is 0.0362. The summed E-state index contributed by atoms with van der Waals surface area (Å²) < 4.78 is 0. The molecular weight excluding hydrogens is 280 g/mol. The summed E-state index contributed by atoms with van der Waals surface area (Å²) >= 11 is 6.03. The minimum Gasteiger partial charge on any atom is -0.481 e. The maximum absolute atomic E-state index is 11.9. The maximum atomic E-state index is 11.9. The maximum Gasteiger partial charge on any atom is 0.317 e. The summed E-state index contributed by atoms with van der Waals surface area (Å²) in [5.41, 5.74) is 0.866. The number of carbonyl (C=O) groups excluding carboxylic acids is 1. The minimum atomic E-state index is -0.865. The van der Waals surface area contributed by atoms with Gasteiger partial charge in [-0.25, -0.2) is 4.79 Å². The smallest absolute Gasteiger partial charge is 0.317 e. The van der Waals surface area contributed by atoms with Gasteiger partial charge < -0.3 is 15.3 Å². The molecule has 1 aromatic carbocycles. The van der Waals surface area contributed by atoms with E-state index in [4.69, 9.17) is 16.7 Å². The quantitative estimate of drug-likeness (QED) is 0.848. The molecule has 20 heavy (non-hydrogen) atoms. The van der Waals surface area contributed by atoms with Gasteiger partial charge in [-0.2, -0.15) is 0 Å². The van der Waals surface area contributed by atoms with Crippen molar-refractivity contribution in [2.75, 3.05) is 13.6 Å². The second-order valence-corrected chi connectivity index (χ2v) is 5.24. The zero-order chi connectivity index (χ0) is 15.1. The van der Waals surface area contributed by atoms with E-state index in [1.807, 2.05) is 18.2 Å². The van der Waals surface area contributed by atoms with E-state index in [2.05, 4.69) is 5.32 Å². The number of rotatable bonds is 6. The van der Waals surface area contributed by atoms with Crippen LogP contribution in [0.1, 0.15) is 18.9 Å². The zero-order valence-electron chi connectivity index (χ0n) is 11.6. The molecule has 0 aliphatic heterocycles. The number of carboxylic acid groups (broad SMARTS) is 1. The van der Waals surface area contributed by atoms with Crippen LogP contribution in [0.25, 0.3) is 0 Å². The third-order valence-electron chi connectivity index (χ3n) is 2.84. The Bertz CT molecular complexity index is 479. The van der Waals surface area contributed by atoms with E-state index >= 15 is 0 Å². The van der Waals surface area contributed by atoms with Crippen LogP contribution in [0.15, 0.2) is 24.3 Å². The lowest BCUT2D eigenvalue weighted by molar-refractivity contribution is -0.137. The Morgan fingerprint density at radius 1 is 1.40 bits per heavy atom. The molecule has 0 aliphatic carbocycles. The number of benzene rings is 1. The summed E-state index contributed by atoms with van der Waals surface area (Å²) in [5.74, 6) is -0.971. The molecule has 2 N–H and O–H groups in total. The lowest BCUT2D eigenvalue weighted by Crippen LogP contribution is -2.39. The van der Waals surface area contributed by atoms with Gasteiger partial charge >= 0.3 is 12.0 Å². The summed E-state index contributed by atoms with van der Waals surface area (Å²) in [6.07, 6.45) is 0.0362. The molecule has 0 bridgehead atoms. The molecule has 0 aliphatic rings. The lowest BCUT2D eigenvalue weighted by Gasteiger charge is -2.20. The Kier molecular flexibility index (Phi) is 6.31. The van der Waals surface area contributed by atoms with Crippen LogP contribution in [0.3, 0.4) is 0 Å². The van der Waals surface area contributed by atoms with Gasteiger partial charge in [0.05, 0.1) is 0 Å². The molecule has 0 aromatic heterocycles. The van der Waals surface area contributed by atoms with Crippen LogP contribution < -0.4 is 5.32 Å². The van der Waals surface area contributed by atoms with E-state index in [-0.39, 0.29) is 18.4 Å². The van der Waals surface area contributed by atoms with Crippen LogP contribution in [0.5, 0.6) is 0 Å². The van der Waals surface area contributed by atoms with E-state index in [1.54, 1.807) is 20.0 Å². The number of hydrogen-bond acceptors (Lipinski definition) is 2. The van der Waals surface area contributed by atoms with E-state index in [0.29, 0.717) is 18.1 Å². The third kappa shape index (κ3) is 5.48. The van der Waals surface area contributed by atoms with Gasteiger partial charge in [0.1, 0.15) is 0 Å². The highest BCUT2D eigenvalue weighted by molar-refractivity contribution is 6.31. The highest BCUT2D eigenvalue weighted by Gasteiger charge is 2.13. The molecule has 0 saturated heterocycles. The predicted molar refractivity (Wildman–Crippen MR) is 77.7 cm³/mol. The largest absolute Gasteiger partial charge is 0.481 e. The summed E-state index contributed by atoms with van der Waals surface area (Å²) in [6, 6.07) is 7.08. The van der Waals surface area contributed by atoms with Crippen LogP contribution >= 0.6 is 11.6 Å². The highest BCUT2D eigenvalue weighted by Crippen LogP contribution is 2.16. The Balaban J connectivity index is 2.44. The van der Waals surface area contributed by atoms with E-state index in [9.17, 15) is 9.59 Å². The summed E-state index contributed by atoms with van der Waals surface area (Å²) in [4.78, 5) is 23.9. The molecule has 6 heteroatoms. The number of halogens is 1. The van der Waals surface area contributed by atoms with E-state index in [0.717, 1.165) is 5.56 Å². The average Bonchev–Trinajstić information content (AvgIpc) is 2.37.